The molecule has 0 aliphatic rings. The van der Waals surface area contributed by atoms with E-state index in [1.165, 1.54) is 0 Å². The summed E-state index contributed by atoms with van der Waals surface area (Å²) in [6, 6.07) is 0. The van der Waals surface area contributed by atoms with Crippen LogP contribution in [-0.2, 0) is 19.1 Å². The molecular formula is C11H20O4. The second kappa shape index (κ2) is 5.85. The smallest absolute Gasteiger partial charge is 0.293 e. The second-order valence-corrected chi connectivity index (χ2v) is 4.73. The van der Waals surface area contributed by atoms with E-state index in [1.54, 1.807) is 13.8 Å². The summed E-state index contributed by atoms with van der Waals surface area (Å²) in [5.74, 6) is 0. The highest BCUT2D eigenvalue weighted by atomic mass is 16.6. The molecule has 0 radical (unpaired) electrons. The van der Waals surface area contributed by atoms with Gasteiger partial charge < -0.3 is 14.3 Å². The summed E-state index contributed by atoms with van der Waals surface area (Å²) in [4.78, 5) is 20.4. The Morgan fingerprint density at radius 2 is 1.67 bits per heavy atom. The fourth-order valence-corrected chi connectivity index (χ4v) is 1.01. The Morgan fingerprint density at radius 3 is 2.13 bits per heavy atom. The molecule has 0 spiro atoms. The second-order valence-electron chi connectivity index (χ2n) is 4.73. The molecule has 0 aromatic heterocycles. The van der Waals surface area contributed by atoms with E-state index in [9.17, 15) is 9.59 Å². The predicted octanol–water partition coefficient (Wildman–Crippen LogP) is 1.71. The van der Waals surface area contributed by atoms with Crippen LogP contribution in [-0.4, -0.2) is 30.6 Å². The maximum atomic E-state index is 10.2. The van der Waals surface area contributed by atoms with Crippen LogP contribution < -0.4 is 0 Å². The average Bonchev–Trinajstić information content (AvgIpc) is 2.12. The SMILES string of the molecule is CC(C)(COC(C)(C)CCC=O)OC=O. The fraction of sp³-hybridized carbons (Fsp3) is 0.818. The first-order chi connectivity index (χ1) is 6.83. The minimum Gasteiger partial charge on any atom is -0.459 e. The number of carbonyl (C=O) groups excluding carboxylic acids is 2. The number of rotatable bonds is 8. The summed E-state index contributed by atoms with van der Waals surface area (Å²) in [5.41, 5.74) is -0.995. The van der Waals surface area contributed by atoms with Crippen LogP contribution in [0.1, 0.15) is 40.5 Å². The van der Waals surface area contributed by atoms with Crippen molar-refractivity contribution in [2.75, 3.05) is 6.61 Å². The molecule has 0 atom stereocenters. The Bertz CT molecular complexity index is 209. The van der Waals surface area contributed by atoms with Crippen LogP contribution in [0.5, 0.6) is 0 Å². The Morgan fingerprint density at radius 1 is 1.07 bits per heavy atom. The quantitative estimate of drug-likeness (QED) is 0.580. The third-order valence-corrected chi connectivity index (χ3v) is 2.04. The van der Waals surface area contributed by atoms with Crippen LogP contribution in [0, 0.1) is 0 Å². The highest BCUT2D eigenvalue weighted by Crippen LogP contribution is 2.19. The van der Waals surface area contributed by atoms with E-state index >= 15 is 0 Å². The van der Waals surface area contributed by atoms with Crippen molar-refractivity contribution in [3.8, 4) is 0 Å². The average molecular weight is 216 g/mol. The zero-order chi connectivity index (χ0) is 11.9. The molecule has 0 saturated carbocycles. The van der Waals surface area contributed by atoms with E-state index in [0.29, 0.717) is 25.9 Å². The Kier molecular flexibility index (Phi) is 5.50. The van der Waals surface area contributed by atoms with Gasteiger partial charge in [0, 0.05) is 6.42 Å². The van der Waals surface area contributed by atoms with Crippen molar-refractivity contribution >= 4 is 12.8 Å². The summed E-state index contributed by atoms with van der Waals surface area (Å²) in [6.45, 7) is 8.11. The number of aldehydes is 1. The summed E-state index contributed by atoms with van der Waals surface area (Å²) < 4.78 is 10.5. The van der Waals surface area contributed by atoms with Crippen molar-refractivity contribution in [2.45, 2.75) is 51.7 Å². The third-order valence-electron chi connectivity index (χ3n) is 2.04. The van der Waals surface area contributed by atoms with E-state index in [1.807, 2.05) is 13.8 Å². The van der Waals surface area contributed by atoms with Crippen LogP contribution in [0.4, 0.5) is 0 Å². The molecule has 4 heteroatoms. The lowest BCUT2D eigenvalue weighted by atomic mass is 10.0. The van der Waals surface area contributed by atoms with Gasteiger partial charge in [-0.15, -0.1) is 0 Å². The lowest BCUT2D eigenvalue weighted by molar-refractivity contribution is -0.154. The van der Waals surface area contributed by atoms with Gasteiger partial charge in [-0.25, -0.2) is 0 Å². The van der Waals surface area contributed by atoms with Crippen molar-refractivity contribution in [3.05, 3.63) is 0 Å². The normalized spacial score (nSPS) is 12.3. The van der Waals surface area contributed by atoms with E-state index < -0.39 is 5.60 Å². The third kappa shape index (κ3) is 7.08. The van der Waals surface area contributed by atoms with Gasteiger partial charge in [-0.05, 0) is 34.1 Å². The van der Waals surface area contributed by atoms with Gasteiger partial charge >= 0.3 is 0 Å². The van der Waals surface area contributed by atoms with Crippen LogP contribution in [0.25, 0.3) is 0 Å². The maximum absolute atomic E-state index is 10.2. The molecule has 88 valence electrons. The molecule has 0 aliphatic heterocycles. The molecule has 0 fully saturated rings. The maximum Gasteiger partial charge on any atom is 0.293 e. The number of hydrogen-bond donors (Lipinski definition) is 0. The van der Waals surface area contributed by atoms with Crippen LogP contribution >= 0.6 is 0 Å². The zero-order valence-corrected chi connectivity index (χ0v) is 9.91. The van der Waals surface area contributed by atoms with Gasteiger partial charge in [0.05, 0.1) is 12.2 Å². The molecule has 0 aromatic carbocycles. The van der Waals surface area contributed by atoms with Crippen molar-refractivity contribution in [1.82, 2.24) is 0 Å². The summed E-state index contributed by atoms with van der Waals surface area (Å²) in [5, 5.41) is 0. The molecule has 0 saturated heterocycles. The lowest BCUT2D eigenvalue weighted by Crippen LogP contribution is -2.36. The number of hydrogen-bond acceptors (Lipinski definition) is 4. The first kappa shape index (κ1) is 14.1. The molecule has 0 rings (SSSR count). The molecule has 4 nitrogen and oxygen atoms in total. The number of ether oxygens (including phenoxy) is 2. The summed E-state index contributed by atoms with van der Waals surface area (Å²) in [6.07, 6.45) is 2.01. The van der Waals surface area contributed by atoms with Gasteiger partial charge in [-0.3, -0.25) is 4.79 Å². The van der Waals surface area contributed by atoms with Crippen LogP contribution in [0.2, 0.25) is 0 Å². The predicted molar refractivity (Wildman–Crippen MR) is 56.6 cm³/mol. The van der Waals surface area contributed by atoms with Crippen molar-refractivity contribution in [1.29, 1.82) is 0 Å². The number of carbonyl (C=O) groups is 2. The highest BCUT2D eigenvalue weighted by Gasteiger charge is 2.25. The molecular weight excluding hydrogens is 196 g/mol. The first-order valence-corrected chi connectivity index (χ1v) is 5.02. The van der Waals surface area contributed by atoms with Gasteiger partial charge in [0.2, 0.25) is 0 Å². The van der Waals surface area contributed by atoms with Crippen LogP contribution in [0.3, 0.4) is 0 Å². The minimum absolute atomic E-state index is 0.317. The molecule has 0 N–H and O–H groups in total. The summed E-state index contributed by atoms with van der Waals surface area (Å²) >= 11 is 0. The van der Waals surface area contributed by atoms with Crippen molar-refractivity contribution in [3.63, 3.8) is 0 Å². The highest BCUT2D eigenvalue weighted by molar-refractivity contribution is 5.49. The molecule has 0 aromatic rings. The Balaban J connectivity index is 4.00. The summed E-state index contributed by atoms with van der Waals surface area (Å²) in [7, 11) is 0. The van der Waals surface area contributed by atoms with Crippen molar-refractivity contribution in [2.24, 2.45) is 0 Å². The van der Waals surface area contributed by atoms with Crippen LogP contribution in [0.15, 0.2) is 0 Å². The molecule has 0 heterocycles. The van der Waals surface area contributed by atoms with Gasteiger partial charge in [0.1, 0.15) is 11.9 Å². The molecule has 15 heavy (non-hydrogen) atoms. The zero-order valence-electron chi connectivity index (χ0n) is 9.91. The van der Waals surface area contributed by atoms with Gasteiger partial charge in [-0.2, -0.15) is 0 Å². The lowest BCUT2D eigenvalue weighted by Gasteiger charge is -2.30. The van der Waals surface area contributed by atoms with Gasteiger partial charge in [0.15, 0.2) is 0 Å². The van der Waals surface area contributed by atoms with E-state index in [4.69, 9.17) is 9.47 Å². The minimum atomic E-state index is -0.625. The van der Waals surface area contributed by atoms with Gasteiger partial charge in [-0.1, -0.05) is 0 Å². The first-order valence-electron chi connectivity index (χ1n) is 5.02. The Labute approximate surface area is 90.9 Å². The topological polar surface area (TPSA) is 52.6 Å². The van der Waals surface area contributed by atoms with E-state index in [0.717, 1.165) is 6.29 Å². The van der Waals surface area contributed by atoms with Gasteiger partial charge in [0.25, 0.3) is 6.47 Å². The monoisotopic (exact) mass is 216 g/mol. The standard InChI is InChI=1S/C11H20O4/c1-10(2,6-5-7-12)14-8-11(3,4)15-9-13/h7,9H,5-6,8H2,1-4H3. The Hall–Kier alpha value is -0.900. The fourth-order valence-electron chi connectivity index (χ4n) is 1.01. The molecule has 0 aliphatic carbocycles. The molecule has 0 unspecified atom stereocenters. The van der Waals surface area contributed by atoms with Crippen molar-refractivity contribution < 1.29 is 19.1 Å². The van der Waals surface area contributed by atoms with E-state index in [-0.39, 0.29) is 5.60 Å². The molecule has 0 amide bonds. The molecule has 0 bridgehead atoms. The largest absolute Gasteiger partial charge is 0.459 e. The van der Waals surface area contributed by atoms with E-state index in [2.05, 4.69) is 0 Å².